The van der Waals surface area contributed by atoms with Gasteiger partial charge < -0.3 is 4.43 Å². The van der Waals surface area contributed by atoms with E-state index < -0.39 is 26.8 Å². The molecule has 0 amide bonds. The van der Waals surface area contributed by atoms with Gasteiger partial charge in [0, 0.05) is 0 Å². The van der Waals surface area contributed by atoms with Crippen LogP contribution in [0, 0.1) is 0 Å². The molecule has 1 nitrogen and oxygen atoms in total. The van der Waals surface area contributed by atoms with Crippen molar-refractivity contribution in [2.45, 2.75) is 38.1 Å². The van der Waals surface area contributed by atoms with Crippen molar-refractivity contribution in [1.82, 2.24) is 0 Å². The van der Waals surface area contributed by atoms with Gasteiger partial charge in [-0.1, -0.05) is 0 Å². The Hall–Kier alpha value is -0.243. The second kappa shape index (κ2) is 3.73. The van der Waals surface area contributed by atoms with Gasteiger partial charge >= 0.3 is 12.3 Å². The van der Waals surface area contributed by atoms with E-state index in [2.05, 4.69) is 4.43 Å². The summed E-state index contributed by atoms with van der Waals surface area (Å²) in [4.78, 5) is 0. The van der Waals surface area contributed by atoms with Gasteiger partial charge in [-0.2, -0.15) is 22.0 Å². The molecule has 0 N–H and O–H groups in total. The van der Waals surface area contributed by atoms with Crippen molar-refractivity contribution >= 4 is 8.32 Å². The Bertz CT molecular complexity index is 195. The molecule has 0 bridgehead atoms. The Balaban J connectivity index is 4.63. The SMILES string of the molecule is C[Si](C)(C)OC(F)(F)C(F)C(F)(F)F. The lowest BCUT2D eigenvalue weighted by Gasteiger charge is -2.28. The Morgan fingerprint density at radius 3 is 1.57 bits per heavy atom. The van der Waals surface area contributed by atoms with Crippen molar-refractivity contribution in [3.05, 3.63) is 0 Å². The van der Waals surface area contributed by atoms with Gasteiger partial charge in [0.15, 0.2) is 8.32 Å². The van der Waals surface area contributed by atoms with E-state index in [1.54, 1.807) is 0 Å². The van der Waals surface area contributed by atoms with Crippen molar-refractivity contribution in [2.75, 3.05) is 0 Å². The fourth-order valence-corrected chi connectivity index (χ4v) is 1.57. The molecule has 0 aliphatic rings. The average molecular weight is 240 g/mol. The highest BCUT2D eigenvalue weighted by molar-refractivity contribution is 6.69. The van der Waals surface area contributed by atoms with E-state index in [0.717, 1.165) is 0 Å². The molecule has 0 saturated carbocycles. The molecule has 8 heteroatoms. The van der Waals surface area contributed by atoms with Crippen molar-refractivity contribution in [2.24, 2.45) is 0 Å². The largest absolute Gasteiger partial charge is 0.428 e. The highest BCUT2D eigenvalue weighted by atomic mass is 28.4. The Morgan fingerprint density at radius 1 is 1.00 bits per heavy atom. The summed E-state index contributed by atoms with van der Waals surface area (Å²) in [7, 11) is -2.92. The second-order valence-electron chi connectivity index (χ2n) is 3.68. The number of hydrogen-bond donors (Lipinski definition) is 0. The predicted octanol–water partition coefficient (Wildman–Crippen LogP) is 3.33. The quantitative estimate of drug-likeness (QED) is 0.543. The van der Waals surface area contributed by atoms with E-state index in [-0.39, 0.29) is 0 Å². The van der Waals surface area contributed by atoms with E-state index in [4.69, 9.17) is 0 Å². The minimum absolute atomic E-state index is 1.24. The lowest BCUT2D eigenvalue weighted by molar-refractivity contribution is -0.308. The molecule has 1 atom stereocenters. The predicted molar refractivity (Wildman–Crippen MR) is 40.3 cm³/mol. The molecule has 0 aromatic heterocycles. The van der Waals surface area contributed by atoms with Crippen LogP contribution in [-0.4, -0.2) is 26.8 Å². The van der Waals surface area contributed by atoms with Crippen molar-refractivity contribution in [3.63, 3.8) is 0 Å². The highest BCUT2D eigenvalue weighted by Crippen LogP contribution is 2.37. The molecular weight excluding hydrogens is 230 g/mol. The molecule has 0 aliphatic heterocycles. The van der Waals surface area contributed by atoms with Gasteiger partial charge in [-0.05, 0) is 19.6 Å². The van der Waals surface area contributed by atoms with Crippen molar-refractivity contribution in [3.8, 4) is 0 Å². The smallest absolute Gasteiger partial charge is 0.360 e. The zero-order valence-electron chi connectivity index (χ0n) is 7.75. The Kier molecular flexibility index (Phi) is 3.66. The fraction of sp³-hybridized carbons (Fsp3) is 1.00. The first-order valence-corrected chi connectivity index (χ1v) is 7.06. The minimum atomic E-state index is -5.61. The fourth-order valence-electron chi connectivity index (χ4n) is 0.650. The monoisotopic (exact) mass is 240 g/mol. The summed E-state index contributed by atoms with van der Waals surface area (Å²) in [5, 5.41) is 0. The number of hydrogen-bond acceptors (Lipinski definition) is 1. The first-order chi connectivity index (χ1) is 5.86. The maximum atomic E-state index is 12.5. The van der Waals surface area contributed by atoms with E-state index in [9.17, 15) is 26.3 Å². The highest BCUT2D eigenvalue weighted by Gasteiger charge is 2.59. The third kappa shape index (κ3) is 4.31. The molecule has 0 aliphatic carbocycles. The lowest BCUT2D eigenvalue weighted by atomic mass is 10.3. The molecular formula is C6H10F6OSi. The van der Waals surface area contributed by atoms with Crippen molar-refractivity contribution < 1.29 is 30.8 Å². The van der Waals surface area contributed by atoms with E-state index >= 15 is 0 Å². The summed E-state index contributed by atoms with van der Waals surface area (Å²) < 4.78 is 75.9. The van der Waals surface area contributed by atoms with Gasteiger partial charge in [-0.3, -0.25) is 0 Å². The van der Waals surface area contributed by atoms with E-state index in [0.29, 0.717) is 0 Å². The molecule has 0 aromatic rings. The van der Waals surface area contributed by atoms with E-state index in [1.165, 1.54) is 19.6 Å². The van der Waals surface area contributed by atoms with Crippen LogP contribution in [0.1, 0.15) is 0 Å². The van der Waals surface area contributed by atoms with Gasteiger partial charge in [0.2, 0.25) is 0 Å². The third-order valence-corrected chi connectivity index (χ3v) is 1.91. The molecule has 0 spiro atoms. The molecule has 0 radical (unpaired) electrons. The standard InChI is InChI=1S/C6H10F6OSi/c1-14(2,3)13-6(11,12)4(7)5(8,9)10/h4H,1-3H3. The summed E-state index contributed by atoms with van der Waals surface area (Å²) in [6.45, 7) is 3.72. The summed E-state index contributed by atoms with van der Waals surface area (Å²) in [6, 6.07) is 0. The Labute approximate surface area is 78.2 Å². The average Bonchev–Trinajstić information content (AvgIpc) is 1.78. The number of rotatable bonds is 3. The molecule has 0 fully saturated rings. The summed E-state index contributed by atoms with van der Waals surface area (Å²) in [6.07, 6.45) is -14.7. The van der Waals surface area contributed by atoms with Crippen molar-refractivity contribution in [1.29, 1.82) is 0 Å². The molecule has 1 unspecified atom stereocenters. The number of alkyl halides is 6. The van der Waals surface area contributed by atoms with Gasteiger partial charge in [0.25, 0.3) is 6.17 Å². The van der Waals surface area contributed by atoms with Gasteiger partial charge in [-0.25, -0.2) is 4.39 Å². The summed E-state index contributed by atoms with van der Waals surface area (Å²) in [5.41, 5.74) is 0. The Morgan fingerprint density at radius 2 is 1.36 bits per heavy atom. The van der Waals surface area contributed by atoms with Crippen LogP contribution in [0.3, 0.4) is 0 Å². The van der Waals surface area contributed by atoms with Crippen LogP contribution >= 0.6 is 0 Å². The van der Waals surface area contributed by atoms with E-state index in [1.807, 2.05) is 0 Å². The minimum Gasteiger partial charge on any atom is -0.360 e. The van der Waals surface area contributed by atoms with Crippen LogP contribution in [0.15, 0.2) is 0 Å². The molecule has 86 valence electrons. The molecule has 0 aromatic carbocycles. The van der Waals surface area contributed by atoms with Crippen LogP contribution in [0.2, 0.25) is 19.6 Å². The zero-order valence-corrected chi connectivity index (χ0v) is 8.75. The summed E-state index contributed by atoms with van der Waals surface area (Å²) in [5.74, 6) is 0. The molecule has 0 rings (SSSR count). The number of halogens is 6. The van der Waals surface area contributed by atoms with Crippen LogP contribution < -0.4 is 0 Å². The van der Waals surface area contributed by atoms with Gasteiger partial charge in [-0.15, -0.1) is 0 Å². The zero-order chi connectivity index (χ0) is 11.8. The maximum absolute atomic E-state index is 12.5. The normalized spacial score (nSPS) is 16.9. The first kappa shape index (κ1) is 13.8. The molecule has 14 heavy (non-hydrogen) atoms. The van der Waals surface area contributed by atoms with Crippen LogP contribution in [-0.2, 0) is 4.43 Å². The van der Waals surface area contributed by atoms with Crippen LogP contribution in [0.4, 0.5) is 26.3 Å². The van der Waals surface area contributed by atoms with Gasteiger partial charge in [0.1, 0.15) is 0 Å². The van der Waals surface area contributed by atoms with Crippen LogP contribution in [0.25, 0.3) is 0 Å². The first-order valence-electron chi connectivity index (χ1n) is 3.65. The summed E-state index contributed by atoms with van der Waals surface area (Å²) >= 11 is 0. The lowest BCUT2D eigenvalue weighted by Crippen LogP contribution is -2.48. The maximum Gasteiger partial charge on any atom is 0.428 e. The van der Waals surface area contributed by atoms with Gasteiger partial charge in [0.05, 0.1) is 0 Å². The van der Waals surface area contributed by atoms with Crippen LogP contribution in [0.5, 0.6) is 0 Å². The third-order valence-electron chi connectivity index (χ3n) is 1.02. The molecule has 0 saturated heterocycles. The molecule has 0 heterocycles. The second-order valence-corrected chi connectivity index (χ2v) is 8.11. The topological polar surface area (TPSA) is 9.23 Å².